The third-order valence-electron chi connectivity index (χ3n) is 1.25. The fourth-order valence-electron chi connectivity index (χ4n) is 0.594. The van der Waals surface area contributed by atoms with E-state index in [1.807, 2.05) is 6.92 Å². The quantitative estimate of drug-likeness (QED) is 0.422. The Morgan fingerprint density at radius 2 is 2.11 bits per heavy atom. The first-order valence-electron chi connectivity index (χ1n) is 3.26. The molecule has 0 spiro atoms. The molecule has 0 aromatic heterocycles. The zero-order chi connectivity index (χ0) is 6.41. The largest absolute Gasteiger partial charge is 0.316 e. The molecule has 0 saturated carbocycles. The summed E-state index contributed by atoms with van der Waals surface area (Å²) in [5.41, 5.74) is 0. The number of carbonyl (C=O) groups excluding carboxylic acids is 1. The first-order valence-corrected chi connectivity index (χ1v) is 3.26. The Balaban J connectivity index is 0. The molecule has 52 valence electrons. The van der Waals surface area contributed by atoms with Gasteiger partial charge in [-0.15, -0.1) is 0 Å². The molecule has 0 bridgehead atoms. The average molecular weight is 141 g/mol. The van der Waals surface area contributed by atoms with Gasteiger partial charge in [0.25, 0.3) is 0 Å². The topological polar surface area (TPSA) is 17.1 Å². The smallest absolute Gasteiger partial charge is 0.303 e. The number of hydrogen-bond acceptors (Lipinski definition) is 1. The highest BCUT2D eigenvalue weighted by Gasteiger charge is 1.95. The second kappa shape index (κ2) is 8.44. The van der Waals surface area contributed by atoms with Crippen molar-refractivity contribution in [2.45, 2.75) is 33.1 Å². The molecular weight excluding hydrogens is 124 g/mol. The van der Waals surface area contributed by atoms with Crippen molar-refractivity contribution in [3.05, 3.63) is 0 Å². The molecule has 0 amide bonds. The third kappa shape index (κ3) is 8.44. The van der Waals surface area contributed by atoms with E-state index in [0.29, 0.717) is 0 Å². The summed E-state index contributed by atoms with van der Waals surface area (Å²) in [4.78, 5) is 10.0. The van der Waals surface area contributed by atoms with Gasteiger partial charge < -0.3 is 4.79 Å². The molecule has 0 heterocycles. The van der Waals surface area contributed by atoms with E-state index in [1.165, 1.54) is 12.8 Å². The van der Waals surface area contributed by atoms with Crippen molar-refractivity contribution in [2.75, 3.05) is 0 Å². The summed E-state index contributed by atoms with van der Waals surface area (Å²) < 4.78 is 0. The molecule has 1 unspecified atom stereocenters. The van der Waals surface area contributed by atoms with Gasteiger partial charge in [-0.2, -0.15) is 0 Å². The molecule has 1 atom stereocenters. The van der Waals surface area contributed by atoms with E-state index < -0.39 is 0 Å². The van der Waals surface area contributed by atoms with Gasteiger partial charge in [-0.25, -0.2) is 0 Å². The summed E-state index contributed by atoms with van der Waals surface area (Å²) in [6.45, 7) is 4.10. The van der Waals surface area contributed by atoms with E-state index >= 15 is 0 Å². The lowest BCUT2D eigenvalue weighted by atomic mass is 10.1. The summed E-state index contributed by atoms with van der Waals surface area (Å²) in [5.74, 6) is 0.273. The van der Waals surface area contributed by atoms with Crippen LogP contribution in [0.3, 0.4) is 0 Å². The molecule has 1 nitrogen and oxygen atoms in total. The van der Waals surface area contributed by atoms with Crippen molar-refractivity contribution >= 4 is 29.3 Å². The van der Waals surface area contributed by atoms with Gasteiger partial charge in [0, 0.05) is 5.92 Å². The lowest BCUT2D eigenvalue weighted by Crippen LogP contribution is -1.93. The molecule has 0 saturated heterocycles. The minimum atomic E-state index is 0. The van der Waals surface area contributed by atoms with Gasteiger partial charge in [-0.3, -0.25) is 0 Å². The van der Waals surface area contributed by atoms with Crippen molar-refractivity contribution in [3.8, 4) is 0 Å². The van der Waals surface area contributed by atoms with Gasteiger partial charge in [-0.05, 0) is 6.42 Å². The molecule has 0 aliphatic carbocycles. The Morgan fingerprint density at radius 1 is 1.56 bits per heavy atom. The molecule has 2 heteroatoms. The number of aldehydes is 1. The Labute approximate surface area is 73.4 Å². The molecule has 0 radical (unpaired) electrons. The number of hydrogen-bond donors (Lipinski definition) is 0. The number of carbonyl (C=O) groups is 1. The Kier molecular flexibility index (Phi) is 11.4. The molecule has 0 aromatic carbocycles. The van der Waals surface area contributed by atoms with Crippen LogP contribution in [-0.4, -0.2) is 29.3 Å². The van der Waals surface area contributed by atoms with Gasteiger partial charge in [0.2, 0.25) is 0 Å². The Bertz CT molecular complexity index is 63.9. The Hall–Kier alpha value is 0.436. The normalized spacial score (nSPS) is 11.8. The van der Waals surface area contributed by atoms with Crippen molar-refractivity contribution < 1.29 is 4.79 Å². The molecular formula is C7H16MgO. The van der Waals surface area contributed by atoms with Crippen molar-refractivity contribution in [1.82, 2.24) is 0 Å². The van der Waals surface area contributed by atoms with Crippen LogP contribution in [0.4, 0.5) is 0 Å². The minimum Gasteiger partial charge on any atom is -0.303 e. The predicted octanol–water partition coefficient (Wildman–Crippen LogP) is 1.10. The van der Waals surface area contributed by atoms with Crippen molar-refractivity contribution in [1.29, 1.82) is 0 Å². The standard InChI is InChI=1S/C7H14O.Mg.2H/c1-3-4-5-7(2)6-8;;;/h6-7H,3-5H2,1-2H3;;;. The number of rotatable bonds is 4. The third-order valence-corrected chi connectivity index (χ3v) is 1.25. The summed E-state index contributed by atoms with van der Waals surface area (Å²) in [6.07, 6.45) is 4.45. The lowest BCUT2D eigenvalue weighted by Gasteiger charge is -1.97. The van der Waals surface area contributed by atoms with Crippen LogP contribution in [0, 0.1) is 5.92 Å². The number of unbranched alkanes of at least 4 members (excludes halogenated alkanes) is 1. The SMILES string of the molecule is CCCCC(C)C=O.[MgH2]. The van der Waals surface area contributed by atoms with E-state index in [2.05, 4.69) is 6.92 Å². The highest BCUT2D eigenvalue weighted by atomic mass is 24.3. The van der Waals surface area contributed by atoms with E-state index in [0.717, 1.165) is 12.7 Å². The maximum absolute atomic E-state index is 10.0. The van der Waals surface area contributed by atoms with Crippen molar-refractivity contribution in [3.63, 3.8) is 0 Å². The molecule has 0 aliphatic rings. The van der Waals surface area contributed by atoms with E-state index in [9.17, 15) is 4.79 Å². The summed E-state index contributed by atoms with van der Waals surface area (Å²) in [6, 6.07) is 0. The fourth-order valence-corrected chi connectivity index (χ4v) is 0.594. The van der Waals surface area contributed by atoms with Crippen LogP contribution in [0.25, 0.3) is 0 Å². The molecule has 0 aromatic rings. The van der Waals surface area contributed by atoms with Crippen LogP contribution in [0.5, 0.6) is 0 Å². The van der Waals surface area contributed by atoms with Crippen LogP contribution in [-0.2, 0) is 4.79 Å². The van der Waals surface area contributed by atoms with Gasteiger partial charge >= 0.3 is 23.1 Å². The van der Waals surface area contributed by atoms with Crippen LogP contribution >= 0.6 is 0 Å². The van der Waals surface area contributed by atoms with Crippen molar-refractivity contribution in [2.24, 2.45) is 5.92 Å². The molecule has 0 N–H and O–H groups in total. The predicted molar refractivity (Wildman–Crippen MR) is 43.3 cm³/mol. The van der Waals surface area contributed by atoms with Gasteiger partial charge in [0.05, 0.1) is 0 Å². The fraction of sp³-hybridized carbons (Fsp3) is 0.857. The molecule has 9 heavy (non-hydrogen) atoms. The van der Waals surface area contributed by atoms with E-state index in [1.54, 1.807) is 0 Å². The first kappa shape index (κ1) is 12.1. The monoisotopic (exact) mass is 140 g/mol. The van der Waals surface area contributed by atoms with Crippen LogP contribution in [0.2, 0.25) is 0 Å². The average Bonchev–Trinajstić information content (AvgIpc) is 1.83. The van der Waals surface area contributed by atoms with Crippen LogP contribution in [0.15, 0.2) is 0 Å². The highest BCUT2D eigenvalue weighted by Crippen LogP contribution is 2.02. The summed E-state index contributed by atoms with van der Waals surface area (Å²) >= 11 is 0. The zero-order valence-electron chi connectivity index (χ0n) is 5.68. The van der Waals surface area contributed by atoms with Crippen LogP contribution in [0.1, 0.15) is 33.1 Å². The van der Waals surface area contributed by atoms with Gasteiger partial charge in [0.1, 0.15) is 6.29 Å². The minimum absolute atomic E-state index is 0. The molecule has 0 rings (SSSR count). The maximum atomic E-state index is 10.0. The van der Waals surface area contributed by atoms with Crippen LogP contribution < -0.4 is 0 Å². The second-order valence-electron chi connectivity index (χ2n) is 2.26. The second-order valence-corrected chi connectivity index (χ2v) is 2.26. The van der Waals surface area contributed by atoms with E-state index in [4.69, 9.17) is 0 Å². The highest BCUT2D eigenvalue weighted by molar-refractivity contribution is 5.75. The molecule has 0 fully saturated rings. The molecule has 0 aliphatic heterocycles. The maximum Gasteiger partial charge on any atom is 0.316 e. The van der Waals surface area contributed by atoms with E-state index in [-0.39, 0.29) is 29.0 Å². The first-order chi connectivity index (χ1) is 3.81. The summed E-state index contributed by atoms with van der Waals surface area (Å²) in [7, 11) is 0. The van der Waals surface area contributed by atoms with Gasteiger partial charge in [0.15, 0.2) is 0 Å². The Morgan fingerprint density at radius 3 is 2.44 bits per heavy atom. The lowest BCUT2D eigenvalue weighted by molar-refractivity contribution is -0.110. The summed E-state index contributed by atoms with van der Waals surface area (Å²) in [5, 5.41) is 0. The zero-order valence-corrected chi connectivity index (χ0v) is 5.68. The van der Waals surface area contributed by atoms with Gasteiger partial charge in [-0.1, -0.05) is 26.7 Å².